The highest BCUT2D eigenvalue weighted by Gasteiger charge is 2.09. The highest BCUT2D eigenvalue weighted by molar-refractivity contribution is 5.96. The second-order valence-electron chi connectivity index (χ2n) is 4.83. The summed E-state index contributed by atoms with van der Waals surface area (Å²) in [5.74, 6) is -0.865. The van der Waals surface area contributed by atoms with Crippen LogP contribution >= 0.6 is 0 Å². The number of nitrogen functional groups attached to an aromatic ring is 1. The Balaban J connectivity index is 2.24. The number of unbranched alkanes of at least 4 members (excludes halogenated alkanes) is 3. The highest BCUT2D eigenvalue weighted by atomic mass is 16.4. The first-order valence-electron chi connectivity index (χ1n) is 6.87. The normalized spacial score (nSPS) is 10.2. The number of carboxylic acid groups (broad SMARTS) is 1. The van der Waals surface area contributed by atoms with E-state index in [1.165, 1.54) is 0 Å². The van der Waals surface area contributed by atoms with Gasteiger partial charge in [-0.2, -0.15) is 0 Å². The number of nitrogens with one attached hydrogen (secondary N) is 1. The van der Waals surface area contributed by atoms with Crippen molar-refractivity contribution in [3.05, 3.63) is 29.3 Å². The van der Waals surface area contributed by atoms with E-state index in [-0.39, 0.29) is 12.3 Å². The maximum absolute atomic E-state index is 12.0. The molecule has 0 bridgehead atoms. The van der Waals surface area contributed by atoms with Crippen LogP contribution in [0.2, 0.25) is 0 Å². The van der Waals surface area contributed by atoms with Crippen LogP contribution in [0.4, 0.5) is 5.69 Å². The summed E-state index contributed by atoms with van der Waals surface area (Å²) in [5, 5.41) is 11.4. The fourth-order valence-corrected chi connectivity index (χ4v) is 1.95. The van der Waals surface area contributed by atoms with E-state index < -0.39 is 5.97 Å². The maximum atomic E-state index is 12.0. The summed E-state index contributed by atoms with van der Waals surface area (Å²) in [4.78, 5) is 22.3. The molecule has 110 valence electrons. The van der Waals surface area contributed by atoms with Gasteiger partial charge in [0, 0.05) is 24.2 Å². The van der Waals surface area contributed by atoms with Gasteiger partial charge in [0.1, 0.15) is 0 Å². The van der Waals surface area contributed by atoms with Gasteiger partial charge < -0.3 is 16.2 Å². The summed E-state index contributed by atoms with van der Waals surface area (Å²) in [6.45, 7) is 2.43. The van der Waals surface area contributed by atoms with E-state index in [0.717, 1.165) is 24.8 Å². The molecule has 0 heterocycles. The Morgan fingerprint density at radius 3 is 2.60 bits per heavy atom. The van der Waals surface area contributed by atoms with Gasteiger partial charge in [-0.25, -0.2) is 0 Å². The Kier molecular flexibility index (Phi) is 6.56. The molecule has 0 aliphatic carbocycles. The third-order valence-electron chi connectivity index (χ3n) is 3.22. The van der Waals surface area contributed by atoms with Gasteiger partial charge in [-0.05, 0) is 37.5 Å². The number of rotatable bonds is 8. The van der Waals surface area contributed by atoms with Gasteiger partial charge in [0.05, 0.1) is 0 Å². The Labute approximate surface area is 119 Å². The molecule has 0 saturated heterocycles. The Bertz CT molecular complexity index is 472. The van der Waals surface area contributed by atoms with Crippen LogP contribution in [0, 0.1) is 6.92 Å². The fraction of sp³-hybridized carbons (Fsp3) is 0.467. The number of hydrogen-bond acceptors (Lipinski definition) is 3. The quantitative estimate of drug-likeness (QED) is 0.502. The average Bonchev–Trinajstić information content (AvgIpc) is 2.40. The number of amides is 1. The van der Waals surface area contributed by atoms with E-state index in [4.69, 9.17) is 10.8 Å². The van der Waals surface area contributed by atoms with Crippen molar-refractivity contribution < 1.29 is 14.7 Å². The summed E-state index contributed by atoms with van der Waals surface area (Å²) < 4.78 is 0. The fourth-order valence-electron chi connectivity index (χ4n) is 1.95. The Hall–Kier alpha value is -2.04. The lowest BCUT2D eigenvalue weighted by Crippen LogP contribution is -2.25. The van der Waals surface area contributed by atoms with Crippen LogP contribution in [0.25, 0.3) is 0 Å². The maximum Gasteiger partial charge on any atom is 0.303 e. The molecule has 0 radical (unpaired) electrons. The minimum Gasteiger partial charge on any atom is -0.481 e. The number of nitrogens with two attached hydrogens (primary N) is 1. The van der Waals surface area contributed by atoms with E-state index in [9.17, 15) is 9.59 Å². The molecule has 0 fully saturated rings. The molecule has 5 heteroatoms. The second kappa shape index (κ2) is 8.19. The number of aliphatic carboxylic acids is 1. The lowest BCUT2D eigenvalue weighted by Gasteiger charge is -2.09. The van der Waals surface area contributed by atoms with Gasteiger partial charge in [0.2, 0.25) is 0 Å². The molecule has 0 atom stereocenters. The summed E-state index contributed by atoms with van der Waals surface area (Å²) in [7, 11) is 0. The van der Waals surface area contributed by atoms with E-state index in [0.29, 0.717) is 24.2 Å². The largest absolute Gasteiger partial charge is 0.481 e. The number of benzene rings is 1. The third kappa shape index (κ3) is 5.30. The van der Waals surface area contributed by atoms with Crippen molar-refractivity contribution in [3.8, 4) is 0 Å². The van der Waals surface area contributed by atoms with E-state index >= 15 is 0 Å². The van der Waals surface area contributed by atoms with Gasteiger partial charge in [-0.3, -0.25) is 9.59 Å². The Morgan fingerprint density at radius 2 is 1.90 bits per heavy atom. The molecule has 0 spiro atoms. The van der Waals surface area contributed by atoms with Crippen LogP contribution < -0.4 is 11.1 Å². The van der Waals surface area contributed by atoms with Crippen molar-refractivity contribution >= 4 is 17.6 Å². The summed E-state index contributed by atoms with van der Waals surface area (Å²) >= 11 is 0. The van der Waals surface area contributed by atoms with Crippen LogP contribution in [0.3, 0.4) is 0 Å². The van der Waals surface area contributed by atoms with Crippen LogP contribution in [0.1, 0.15) is 48.0 Å². The first-order chi connectivity index (χ1) is 9.52. The minimum absolute atomic E-state index is 0.111. The smallest absolute Gasteiger partial charge is 0.303 e. The van der Waals surface area contributed by atoms with E-state index in [2.05, 4.69) is 5.32 Å². The predicted octanol–water partition coefficient (Wildman–Crippen LogP) is 2.34. The number of hydrogen-bond donors (Lipinski definition) is 3. The first-order valence-corrected chi connectivity index (χ1v) is 6.87. The minimum atomic E-state index is -0.754. The zero-order valence-corrected chi connectivity index (χ0v) is 11.8. The zero-order valence-electron chi connectivity index (χ0n) is 11.8. The van der Waals surface area contributed by atoms with Crippen LogP contribution in [-0.2, 0) is 4.79 Å². The van der Waals surface area contributed by atoms with Crippen molar-refractivity contribution in [2.45, 2.75) is 39.0 Å². The van der Waals surface area contributed by atoms with E-state index in [1.54, 1.807) is 18.2 Å². The second-order valence-corrected chi connectivity index (χ2v) is 4.83. The SMILES string of the molecule is Cc1c(N)cccc1C(=O)NCCCCCCC(=O)O. The standard InChI is InChI=1S/C15H22N2O3/c1-11-12(7-6-8-13(11)16)15(20)17-10-5-3-2-4-9-14(18)19/h6-8H,2-5,9-10,16H2,1H3,(H,17,20)(H,18,19). The third-order valence-corrected chi connectivity index (χ3v) is 3.22. The lowest BCUT2D eigenvalue weighted by atomic mass is 10.1. The number of anilines is 1. The van der Waals surface area contributed by atoms with E-state index in [1.807, 2.05) is 6.92 Å². The number of carbonyl (C=O) groups is 2. The van der Waals surface area contributed by atoms with Crippen LogP contribution in [0.15, 0.2) is 18.2 Å². The van der Waals surface area contributed by atoms with Crippen molar-refractivity contribution in [3.63, 3.8) is 0 Å². The topological polar surface area (TPSA) is 92.4 Å². The van der Waals surface area contributed by atoms with Gasteiger partial charge in [-0.15, -0.1) is 0 Å². The molecular weight excluding hydrogens is 256 g/mol. The number of carboxylic acids is 1. The molecule has 0 unspecified atom stereocenters. The summed E-state index contributed by atoms with van der Waals surface area (Å²) in [5.41, 5.74) is 7.79. The van der Waals surface area contributed by atoms with Crippen molar-refractivity contribution in [2.75, 3.05) is 12.3 Å². The Morgan fingerprint density at radius 1 is 1.20 bits per heavy atom. The molecule has 0 aliphatic heterocycles. The summed E-state index contributed by atoms with van der Waals surface area (Å²) in [6, 6.07) is 5.30. The molecule has 1 amide bonds. The van der Waals surface area contributed by atoms with Crippen LogP contribution in [0.5, 0.6) is 0 Å². The summed E-state index contributed by atoms with van der Waals surface area (Å²) in [6.07, 6.45) is 3.56. The molecule has 20 heavy (non-hydrogen) atoms. The molecular formula is C15H22N2O3. The van der Waals surface area contributed by atoms with Gasteiger partial charge in [0.25, 0.3) is 5.91 Å². The molecule has 4 N–H and O–H groups in total. The van der Waals surface area contributed by atoms with Crippen LogP contribution in [-0.4, -0.2) is 23.5 Å². The van der Waals surface area contributed by atoms with Crippen molar-refractivity contribution in [1.29, 1.82) is 0 Å². The molecule has 5 nitrogen and oxygen atoms in total. The zero-order chi connectivity index (χ0) is 15.0. The van der Waals surface area contributed by atoms with Gasteiger partial charge in [-0.1, -0.05) is 18.9 Å². The molecule has 0 aromatic heterocycles. The van der Waals surface area contributed by atoms with Gasteiger partial charge >= 0.3 is 5.97 Å². The van der Waals surface area contributed by atoms with Gasteiger partial charge in [0.15, 0.2) is 0 Å². The first kappa shape index (κ1) is 16.0. The van der Waals surface area contributed by atoms with Crippen molar-refractivity contribution in [2.24, 2.45) is 0 Å². The molecule has 1 rings (SSSR count). The predicted molar refractivity (Wildman–Crippen MR) is 78.6 cm³/mol. The van der Waals surface area contributed by atoms with Crippen molar-refractivity contribution in [1.82, 2.24) is 5.32 Å². The molecule has 0 saturated carbocycles. The average molecular weight is 278 g/mol. The molecule has 0 aliphatic rings. The monoisotopic (exact) mass is 278 g/mol. The highest BCUT2D eigenvalue weighted by Crippen LogP contribution is 2.15. The molecule has 1 aromatic rings. The lowest BCUT2D eigenvalue weighted by molar-refractivity contribution is -0.137. The molecule has 1 aromatic carbocycles. The number of carbonyl (C=O) groups excluding carboxylic acids is 1.